The average molecular weight is 250 g/mol. The Morgan fingerprint density at radius 1 is 1.44 bits per heavy atom. The molecule has 0 aromatic heterocycles. The van der Waals surface area contributed by atoms with Gasteiger partial charge >= 0.3 is 5.97 Å². The van der Waals surface area contributed by atoms with Crippen LogP contribution in [0.1, 0.15) is 46.5 Å². The van der Waals surface area contributed by atoms with Crippen LogP contribution in [0.4, 0.5) is 0 Å². The molecule has 3 aliphatic rings. The van der Waals surface area contributed by atoms with Crippen LogP contribution in [0.25, 0.3) is 0 Å². The molecule has 0 spiro atoms. The second-order valence-corrected chi connectivity index (χ2v) is 6.69. The van der Waals surface area contributed by atoms with E-state index in [9.17, 15) is 9.90 Å². The molecule has 3 rings (SSSR count). The topological polar surface area (TPSA) is 46.5 Å². The summed E-state index contributed by atoms with van der Waals surface area (Å²) < 4.78 is 5.40. The second kappa shape index (κ2) is 3.60. The molecule has 0 aromatic carbocycles. The number of esters is 1. The van der Waals surface area contributed by atoms with Crippen LogP contribution >= 0.6 is 0 Å². The maximum Gasteiger partial charge on any atom is 0.312 e. The first-order valence-electron chi connectivity index (χ1n) is 7.03. The van der Waals surface area contributed by atoms with Crippen LogP contribution in [-0.4, -0.2) is 22.8 Å². The zero-order chi connectivity index (χ0) is 13.1. The van der Waals surface area contributed by atoms with Crippen molar-refractivity contribution >= 4 is 5.97 Å². The lowest BCUT2D eigenvalue weighted by Crippen LogP contribution is -2.50. The Bertz CT molecular complexity index is 427. The van der Waals surface area contributed by atoms with Crippen molar-refractivity contribution < 1.29 is 14.6 Å². The minimum absolute atomic E-state index is 0.110. The average Bonchev–Trinajstić information content (AvgIpc) is 2.50. The van der Waals surface area contributed by atoms with Crippen molar-refractivity contribution in [2.75, 3.05) is 0 Å². The molecule has 0 aromatic rings. The van der Waals surface area contributed by atoms with E-state index in [0.29, 0.717) is 5.92 Å². The summed E-state index contributed by atoms with van der Waals surface area (Å²) in [5.74, 6) is -0.181. The maximum atomic E-state index is 11.7. The lowest BCUT2D eigenvalue weighted by Gasteiger charge is -2.48. The van der Waals surface area contributed by atoms with E-state index in [1.807, 2.05) is 6.08 Å². The van der Waals surface area contributed by atoms with Gasteiger partial charge in [0.05, 0.1) is 5.92 Å². The number of ether oxygens (including phenoxy) is 1. The first-order valence-corrected chi connectivity index (χ1v) is 7.03. The number of hydrogen-bond acceptors (Lipinski definition) is 3. The summed E-state index contributed by atoms with van der Waals surface area (Å²) in [6.45, 7) is 6.26. The van der Waals surface area contributed by atoms with Crippen LogP contribution in [0.5, 0.6) is 0 Å². The summed E-state index contributed by atoms with van der Waals surface area (Å²) in [4.78, 5) is 11.7. The first kappa shape index (κ1) is 12.2. The molecule has 3 nitrogen and oxygen atoms in total. The van der Waals surface area contributed by atoms with Gasteiger partial charge in [0.25, 0.3) is 0 Å². The van der Waals surface area contributed by atoms with Gasteiger partial charge in [-0.05, 0) is 43.6 Å². The zero-order valence-electron chi connectivity index (χ0n) is 11.4. The Morgan fingerprint density at radius 2 is 2.17 bits per heavy atom. The fourth-order valence-corrected chi connectivity index (χ4v) is 4.12. The van der Waals surface area contributed by atoms with Crippen LogP contribution < -0.4 is 0 Å². The molecule has 0 unspecified atom stereocenters. The van der Waals surface area contributed by atoms with E-state index in [1.165, 1.54) is 18.4 Å². The highest BCUT2D eigenvalue weighted by Crippen LogP contribution is 2.55. The largest absolute Gasteiger partial charge is 0.459 e. The monoisotopic (exact) mass is 250 g/mol. The highest BCUT2D eigenvalue weighted by Gasteiger charge is 2.58. The lowest BCUT2D eigenvalue weighted by atomic mass is 9.58. The van der Waals surface area contributed by atoms with Gasteiger partial charge in [0.1, 0.15) is 11.7 Å². The van der Waals surface area contributed by atoms with Crippen molar-refractivity contribution in [2.24, 2.45) is 17.3 Å². The number of rotatable bonds is 0. The quantitative estimate of drug-likeness (QED) is 0.530. The molecule has 5 atom stereocenters. The van der Waals surface area contributed by atoms with Crippen LogP contribution in [-0.2, 0) is 9.53 Å². The van der Waals surface area contributed by atoms with Gasteiger partial charge in [-0.15, -0.1) is 0 Å². The first-order chi connectivity index (χ1) is 8.37. The lowest BCUT2D eigenvalue weighted by molar-refractivity contribution is -0.145. The third-order valence-corrected chi connectivity index (χ3v) is 5.44. The molecule has 100 valence electrons. The molecule has 1 saturated carbocycles. The number of fused-ring (bicyclic) bond motifs is 2. The molecule has 1 N–H and O–H groups in total. The van der Waals surface area contributed by atoms with E-state index in [-0.39, 0.29) is 17.5 Å². The van der Waals surface area contributed by atoms with E-state index < -0.39 is 11.5 Å². The number of aliphatic hydroxyl groups is 1. The van der Waals surface area contributed by atoms with E-state index in [0.717, 1.165) is 12.8 Å². The fourth-order valence-electron chi connectivity index (χ4n) is 4.12. The van der Waals surface area contributed by atoms with Crippen LogP contribution in [0.15, 0.2) is 11.6 Å². The third kappa shape index (κ3) is 1.43. The van der Waals surface area contributed by atoms with Gasteiger partial charge in [0.15, 0.2) is 0 Å². The van der Waals surface area contributed by atoms with Gasteiger partial charge in [-0.1, -0.05) is 25.8 Å². The van der Waals surface area contributed by atoms with Gasteiger partial charge in [-0.2, -0.15) is 0 Å². The predicted octanol–water partition coefficient (Wildman–Crippen LogP) is 2.44. The van der Waals surface area contributed by atoms with E-state index in [2.05, 4.69) is 13.8 Å². The smallest absolute Gasteiger partial charge is 0.312 e. The molecule has 3 heteroatoms. The summed E-state index contributed by atoms with van der Waals surface area (Å²) in [6.07, 6.45) is 5.95. The molecular formula is C15H22O3. The minimum atomic E-state index is -1.07. The maximum absolute atomic E-state index is 11.7. The standard InChI is InChI=1S/C15H22O3/c1-9-5-4-6-14(3)8-12-15(17,7-11(9)14)10(2)13(16)18-12/h7,9-10,12,17H,4-6,8H2,1-3H3/t9-,10+,12+,14+,15-/m0/s1. The molecule has 0 bridgehead atoms. The zero-order valence-corrected chi connectivity index (χ0v) is 11.4. The Kier molecular flexibility index (Phi) is 2.44. The van der Waals surface area contributed by atoms with Gasteiger partial charge in [0, 0.05) is 0 Å². The molecule has 2 aliphatic carbocycles. The van der Waals surface area contributed by atoms with Crippen LogP contribution in [0, 0.1) is 17.3 Å². The van der Waals surface area contributed by atoms with Gasteiger partial charge < -0.3 is 9.84 Å². The summed E-state index contributed by atoms with van der Waals surface area (Å²) in [7, 11) is 0. The highest BCUT2D eigenvalue weighted by molar-refractivity contribution is 5.77. The van der Waals surface area contributed by atoms with Crippen LogP contribution in [0.2, 0.25) is 0 Å². The van der Waals surface area contributed by atoms with Crippen molar-refractivity contribution in [3.05, 3.63) is 11.6 Å². The van der Waals surface area contributed by atoms with Gasteiger partial charge in [-0.25, -0.2) is 0 Å². The SMILES string of the molecule is C[C@@H]1C(=O)O[C@@H]2C[C@@]3(C)CCC[C@H](C)C3=C[C@]12O. The summed E-state index contributed by atoms with van der Waals surface area (Å²) in [5.41, 5.74) is 0.383. The fraction of sp³-hybridized carbons (Fsp3) is 0.800. The van der Waals surface area contributed by atoms with Crippen molar-refractivity contribution in [1.82, 2.24) is 0 Å². The molecular weight excluding hydrogens is 228 g/mol. The molecule has 1 aliphatic heterocycles. The normalized spacial score (nSPS) is 51.2. The Labute approximate surface area is 108 Å². The Morgan fingerprint density at radius 3 is 2.89 bits per heavy atom. The molecule has 2 fully saturated rings. The number of allylic oxidation sites excluding steroid dienone is 1. The summed E-state index contributed by atoms with van der Waals surface area (Å²) in [6, 6.07) is 0. The van der Waals surface area contributed by atoms with E-state index in [1.54, 1.807) is 6.92 Å². The van der Waals surface area contributed by atoms with Crippen molar-refractivity contribution in [3.63, 3.8) is 0 Å². The Hall–Kier alpha value is -0.830. The Balaban J connectivity index is 2.07. The summed E-state index contributed by atoms with van der Waals surface area (Å²) in [5, 5.41) is 10.8. The summed E-state index contributed by atoms with van der Waals surface area (Å²) >= 11 is 0. The van der Waals surface area contributed by atoms with Crippen molar-refractivity contribution in [2.45, 2.75) is 58.2 Å². The molecule has 1 heterocycles. The number of carbonyl (C=O) groups is 1. The highest BCUT2D eigenvalue weighted by atomic mass is 16.6. The van der Waals surface area contributed by atoms with Crippen molar-refractivity contribution in [1.29, 1.82) is 0 Å². The number of carbonyl (C=O) groups excluding carboxylic acids is 1. The predicted molar refractivity (Wildman–Crippen MR) is 67.8 cm³/mol. The minimum Gasteiger partial charge on any atom is -0.459 e. The molecule has 1 saturated heterocycles. The molecule has 0 amide bonds. The van der Waals surface area contributed by atoms with Gasteiger partial charge in [-0.3, -0.25) is 4.79 Å². The molecule has 18 heavy (non-hydrogen) atoms. The van der Waals surface area contributed by atoms with Gasteiger partial charge in [0.2, 0.25) is 0 Å². The second-order valence-electron chi connectivity index (χ2n) is 6.69. The van der Waals surface area contributed by atoms with E-state index in [4.69, 9.17) is 4.74 Å². The van der Waals surface area contributed by atoms with Crippen molar-refractivity contribution in [3.8, 4) is 0 Å². The van der Waals surface area contributed by atoms with E-state index >= 15 is 0 Å². The third-order valence-electron chi connectivity index (χ3n) is 5.44. The molecule has 0 radical (unpaired) electrons. The number of hydrogen-bond donors (Lipinski definition) is 1. The van der Waals surface area contributed by atoms with Crippen LogP contribution in [0.3, 0.4) is 0 Å².